The summed E-state index contributed by atoms with van der Waals surface area (Å²) >= 11 is 0. The van der Waals surface area contributed by atoms with Gasteiger partial charge in [0.25, 0.3) is 0 Å². The molecule has 0 radical (unpaired) electrons. The molecule has 208 valence electrons. The van der Waals surface area contributed by atoms with E-state index in [-0.39, 0.29) is 0 Å². The van der Waals surface area contributed by atoms with Crippen molar-refractivity contribution in [3.8, 4) is 0 Å². The first-order valence-corrected chi connectivity index (χ1v) is 16.4. The quantitative estimate of drug-likeness (QED) is 0.312. The normalized spacial score (nSPS) is 36.4. The van der Waals surface area contributed by atoms with Crippen molar-refractivity contribution in [2.45, 2.75) is 105 Å². The van der Waals surface area contributed by atoms with Crippen LogP contribution in [0.2, 0.25) is 0 Å². The molecule has 0 N–H and O–H groups in total. The van der Waals surface area contributed by atoms with Crippen molar-refractivity contribution < 1.29 is 0 Å². The maximum absolute atomic E-state index is 5.34. The number of hydrogen-bond acceptors (Lipinski definition) is 2. The zero-order chi connectivity index (χ0) is 26.9. The minimum absolute atomic E-state index is 0.433. The largest absolute Gasteiger partial charge is 0.254 e. The number of fused-ring (bicyclic) bond motifs is 9. The van der Waals surface area contributed by atoms with Gasteiger partial charge in [-0.05, 0) is 121 Å². The molecule has 0 aliphatic heterocycles. The van der Waals surface area contributed by atoms with Crippen molar-refractivity contribution in [1.82, 2.24) is 9.97 Å². The molecule has 2 heterocycles. The summed E-state index contributed by atoms with van der Waals surface area (Å²) in [5, 5.41) is 2.48. The number of benzene rings is 1. The predicted molar refractivity (Wildman–Crippen MR) is 164 cm³/mol. The highest BCUT2D eigenvalue weighted by Gasteiger charge is 2.60. The second-order valence-corrected chi connectivity index (χ2v) is 15.4. The third kappa shape index (κ3) is 4.09. The monoisotopic (exact) mass is 522 g/mol. The lowest BCUT2D eigenvalue weighted by molar-refractivity contribution is -0.103. The molecule has 2 aromatic heterocycles. The Bertz CT molecular complexity index is 1370. The third-order valence-corrected chi connectivity index (χ3v) is 13.0. The number of pyridine rings is 2. The molecule has 7 rings (SSSR count). The molecule has 0 unspecified atom stereocenters. The van der Waals surface area contributed by atoms with Crippen LogP contribution >= 0.6 is 0 Å². The van der Waals surface area contributed by atoms with Crippen LogP contribution < -0.4 is 0 Å². The number of aromatic nitrogens is 2. The van der Waals surface area contributed by atoms with Gasteiger partial charge in [-0.3, -0.25) is 9.97 Å². The maximum Gasteiger partial charge on any atom is 0.0968 e. The van der Waals surface area contributed by atoms with Crippen molar-refractivity contribution in [1.29, 1.82) is 0 Å². The van der Waals surface area contributed by atoms with Crippen LogP contribution in [0, 0.1) is 52.3 Å². The molecule has 3 fully saturated rings. The minimum Gasteiger partial charge on any atom is -0.254 e. The molecule has 2 heteroatoms. The van der Waals surface area contributed by atoms with Gasteiger partial charge in [0.15, 0.2) is 0 Å². The Morgan fingerprint density at radius 2 is 1.69 bits per heavy atom. The molecule has 0 bridgehead atoms. The summed E-state index contributed by atoms with van der Waals surface area (Å²) < 4.78 is 0. The summed E-state index contributed by atoms with van der Waals surface area (Å²) in [6.45, 7) is 12.8. The van der Waals surface area contributed by atoms with E-state index in [0.29, 0.717) is 10.8 Å². The van der Waals surface area contributed by atoms with Crippen LogP contribution in [0.5, 0.6) is 0 Å². The lowest BCUT2D eigenvalue weighted by Gasteiger charge is -2.60. The van der Waals surface area contributed by atoms with E-state index in [2.05, 4.69) is 58.9 Å². The molecule has 0 amide bonds. The van der Waals surface area contributed by atoms with E-state index in [1.807, 2.05) is 12.3 Å². The van der Waals surface area contributed by atoms with E-state index in [0.717, 1.165) is 52.5 Å². The van der Waals surface area contributed by atoms with Gasteiger partial charge in [-0.2, -0.15) is 0 Å². The van der Waals surface area contributed by atoms with Gasteiger partial charge in [-0.1, -0.05) is 72.1 Å². The SMILES string of the molecule is CC(C)CCC[C@@H](C)[C@H]1CC[C@H]2[C@@H]3CC[C@H]4Cc5nc6c(ccc7cccnc76)cc5C[C@]4(C)[C@H]3CC[C@]12C. The number of nitrogens with zero attached hydrogens (tertiary/aromatic N) is 2. The van der Waals surface area contributed by atoms with Gasteiger partial charge in [0, 0.05) is 22.7 Å². The molecule has 0 saturated heterocycles. The van der Waals surface area contributed by atoms with Crippen molar-refractivity contribution in [3.05, 3.63) is 47.8 Å². The zero-order valence-corrected chi connectivity index (χ0v) is 25.2. The van der Waals surface area contributed by atoms with Crippen LogP contribution in [0.25, 0.3) is 21.8 Å². The Labute approximate surface area is 236 Å². The van der Waals surface area contributed by atoms with Crippen LogP contribution in [-0.2, 0) is 12.8 Å². The molecular weight excluding hydrogens is 472 g/mol. The van der Waals surface area contributed by atoms with Crippen molar-refractivity contribution in [2.24, 2.45) is 52.3 Å². The van der Waals surface area contributed by atoms with Gasteiger partial charge in [0.05, 0.1) is 11.0 Å². The van der Waals surface area contributed by atoms with Gasteiger partial charge >= 0.3 is 0 Å². The van der Waals surface area contributed by atoms with Crippen LogP contribution in [-0.4, -0.2) is 9.97 Å². The summed E-state index contributed by atoms with van der Waals surface area (Å²) in [4.78, 5) is 10.1. The molecular formula is C37H50N2. The van der Waals surface area contributed by atoms with E-state index in [1.165, 1.54) is 92.7 Å². The molecule has 4 aliphatic carbocycles. The summed E-state index contributed by atoms with van der Waals surface area (Å²) in [5.74, 6) is 6.28. The molecule has 2 nitrogen and oxygen atoms in total. The fraction of sp³-hybridized carbons (Fsp3) is 0.676. The summed E-state index contributed by atoms with van der Waals surface area (Å²) in [5.41, 5.74) is 6.10. The molecule has 0 spiro atoms. The highest BCUT2D eigenvalue weighted by molar-refractivity contribution is 6.02. The molecule has 3 aromatic rings. The van der Waals surface area contributed by atoms with Crippen molar-refractivity contribution >= 4 is 21.8 Å². The van der Waals surface area contributed by atoms with E-state index in [9.17, 15) is 0 Å². The van der Waals surface area contributed by atoms with Gasteiger partial charge in [0.1, 0.15) is 0 Å². The van der Waals surface area contributed by atoms with Crippen LogP contribution in [0.15, 0.2) is 36.5 Å². The number of hydrogen-bond donors (Lipinski definition) is 0. The topological polar surface area (TPSA) is 25.8 Å². The average Bonchev–Trinajstić information content (AvgIpc) is 3.27. The van der Waals surface area contributed by atoms with Gasteiger partial charge < -0.3 is 0 Å². The zero-order valence-electron chi connectivity index (χ0n) is 25.2. The van der Waals surface area contributed by atoms with Crippen LogP contribution in [0.1, 0.15) is 104 Å². The first-order valence-electron chi connectivity index (χ1n) is 16.4. The fourth-order valence-electron chi connectivity index (χ4n) is 11.0. The van der Waals surface area contributed by atoms with Crippen molar-refractivity contribution in [3.63, 3.8) is 0 Å². The highest BCUT2D eigenvalue weighted by Crippen LogP contribution is 2.68. The van der Waals surface area contributed by atoms with Crippen molar-refractivity contribution in [2.75, 3.05) is 0 Å². The standard InChI is InChI=1S/C37H50N2/c1-23(2)8-6-9-24(3)30-15-16-31-29-14-13-28-21-33-27(22-37(28,5)32(29)17-18-36(30,31)4)20-26-12-11-25-10-7-19-38-34(25)35(26)39-33/h7,10-12,19-20,23-24,28-32H,6,8-9,13-18,21-22H2,1-5H3/t24-,28+,29+,30-,31+,32+,36-,37+/m1/s1. The summed E-state index contributed by atoms with van der Waals surface area (Å²) in [7, 11) is 0. The lowest BCUT2D eigenvalue weighted by Crippen LogP contribution is -2.54. The highest BCUT2D eigenvalue weighted by atomic mass is 14.8. The van der Waals surface area contributed by atoms with E-state index >= 15 is 0 Å². The minimum atomic E-state index is 0.433. The Hall–Kier alpha value is -1.96. The van der Waals surface area contributed by atoms with Gasteiger partial charge in [-0.15, -0.1) is 0 Å². The van der Waals surface area contributed by atoms with E-state index in [1.54, 1.807) is 0 Å². The summed E-state index contributed by atoms with van der Waals surface area (Å²) in [6, 6.07) is 11.2. The molecule has 8 atom stereocenters. The Morgan fingerprint density at radius 3 is 2.54 bits per heavy atom. The number of rotatable bonds is 5. The second kappa shape index (κ2) is 9.56. The van der Waals surface area contributed by atoms with Gasteiger partial charge in [0.2, 0.25) is 0 Å². The van der Waals surface area contributed by atoms with Gasteiger partial charge in [-0.25, -0.2) is 0 Å². The molecule has 1 aromatic carbocycles. The lowest BCUT2D eigenvalue weighted by atomic mass is 9.44. The van der Waals surface area contributed by atoms with E-state index in [4.69, 9.17) is 9.97 Å². The second-order valence-electron chi connectivity index (χ2n) is 15.4. The Morgan fingerprint density at radius 1 is 0.872 bits per heavy atom. The van der Waals surface area contributed by atoms with Crippen LogP contribution in [0.3, 0.4) is 0 Å². The third-order valence-electron chi connectivity index (χ3n) is 13.0. The molecule has 39 heavy (non-hydrogen) atoms. The molecule has 3 saturated carbocycles. The Balaban J connectivity index is 1.15. The van der Waals surface area contributed by atoms with E-state index < -0.39 is 0 Å². The smallest absolute Gasteiger partial charge is 0.0968 e. The predicted octanol–water partition coefficient (Wildman–Crippen LogP) is 9.82. The van der Waals surface area contributed by atoms with Crippen LogP contribution in [0.4, 0.5) is 0 Å². The summed E-state index contributed by atoms with van der Waals surface area (Å²) in [6.07, 6.45) is 17.4. The molecule has 4 aliphatic rings. The first kappa shape index (κ1) is 26.0. The Kier molecular flexibility index (Phi) is 6.37. The fourth-order valence-corrected chi connectivity index (χ4v) is 11.0. The first-order chi connectivity index (χ1) is 18.8. The maximum atomic E-state index is 5.34. The average molecular weight is 523 g/mol.